The quantitative estimate of drug-likeness (QED) is 0.293. The standard InChI is InChI=1S/C23H12Cl2N2O5S2/c24-14-7-8-17(25)20(10-14)34(30,31)27(22(28)13-4-3-9-26-12-13)18-11-19-21(32-23(29)33-19)16-6-2-1-5-15(16)18/h1-12H. The highest BCUT2D eigenvalue weighted by Crippen LogP contribution is 2.39. The molecule has 3 aromatic carbocycles. The van der Waals surface area contributed by atoms with E-state index in [1.807, 2.05) is 0 Å². The van der Waals surface area contributed by atoms with Crippen LogP contribution in [0.4, 0.5) is 5.69 Å². The molecule has 0 aliphatic carbocycles. The van der Waals surface area contributed by atoms with Crippen LogP contribution in [0, 0.1) is 0 Å². The van der Waals surface area contributed by atoms with Crippen LogP contribution in [0.25, 0.3) is 21.1 Å². The summed E-state index contributed by atoms with van der Waals surface area (Å²) >= 11 is 13.1. The van der Waals surface area contributed by atoms with Gasteiger partial charge in [-0.1, -0.05) is 58.8 Å². The predicted octanol–water partition coefficient (Wildman–Crippen LogP) is 5.75. The third-order valence-corrected chi connectivity index (χ3v) is 8.23. The molecule has 34 heavy (non-hydrogen) atoms. The Morgan fingerprint density at radius 2 is 1.76 bits per heavy atom. The van der Waals surface area contributed by atoms with Crippen LogP contribution in [0.5, 0.6) is 0 Å². The van der Waals surface area contributed by atoms with Gasteiger partial charge in [-0.05, 0) is 36.4 Å². The second-order valence-corrected chi connectivity index (χ2v) is 10.7. The Morgan fingerprint density at radius 3 is 2.50 bits per heavy atom. The van der Waals surface area contributed by atoms with Crippen LogP contribution in [0.3, 0.4) is 0 Å². The number of amides is 1. The molecule has 0 bridgehead atoms. The summed E-state index contributed by atoms with van der Waals surface area (Å²) in [5, 5.41) is 0.886. The molecular formula is C23H12Cl2N2O5S2. The van der Waals surface area contributed by atoms with E-state index in [0.717, 1.165) is 11.3 Å². The number of fused-ring (bicyclic) bond motifs is 3. The lowest BCUT2D eigenvalue weighted by molar-refractivity contribution is 0.100. The Balaban J connectivity index is 1.88. The van der Waals surface area contributed by atoms with Gasteiger partial charge >= 0.3 is 4.94 Å². The average molecular weight is 531 g/mol. The zero-order chi connectivity index (χ0) is 24.0. The van der Waals surface area contributed by atoms with Gasteiger partial charge in [-0.25, -0.2) is 13.2 Å². The minimum Gasteiger partial charge on any atom is -0.413 e. The zero-order valence-electron chi connectivity index (χ0n) is 16.9. The molecule has 0 saturated heterocycles. The summed E-state index contributed by atoms with van der Waals surface area (Å²) in [6.07, 6.45) is 2.73. The van der Waals surface area contributed by atoms with E-state index < -0.39 is 20.9 Å². The van der Waals surface area contributed by atoms with Gasteiger partial charge in [-0.3, -0.25) is 9.78 Å². The summed E-state index contributed by atoms with van der Waals surface area (Å²) in [6.45, 7) is 0. The van der Waals surface area contributed by atoms with Gasteiger partial charge in [0.1, 0.15) is 4.90 Å². The van der Waals surface area contributed by atoms with Crippen LogP contribution >= 0.6 is 34.5 Å². The van der Waals surface area contributed by atoms with Gasteiger partial charge in [0.2, 0.25) is 0 Å². The minimum atomic E-state index is -4.57. The van der Waals surface area contributed by atoms with Crippen molar-refractivity contribution in [2.75, 3.05) is 4.31 Å². The molecule has 2 heterocycles. The van der Waals surface area contributed by atoms with Gasteiger partial charge in [0, 0.05) is 28.2 Å². The predicted molar refractivity (Wildman–Crippen MR) is 133 cm³/mol. The van der Waals surface area contributed by atoms with Crippen molar-refractivity contribution >= 4 is 77.2 Å². The molecule has 0 atom stereocenters. The fourth-order valence-corrected chi connectivity index (χ4v) is 6.46. The van der Waals surface area contributed by atoms with Gasteiger partial charge in [-0.2, -0.15) is 4.31 Å². The largest absolute Gasteiger partial charge is 0.413 e. The maximum absolute atomic E-state index is 14.0. The molecule has 5 aromatic rings. The summed E-state index contributed by atoms with van der Waals surface area (Å²) in [7, 11) is -4.57. The van der Waals surface area contributed by atoms with Crippen molar-refractivity contribution in [2.45, 2.75) is 4.90 Å². The van der Waals surface area contributed by atoms with Crippen molar-refractivity contribution in [3.63, 3.8) is 0 Å². The molecule has 0 radical (unpaired) electrons. The number of carbonyl (C=O) groups excluding carboxylic acids is 1. The summed E-state index contributed by atoms with van der Waals surface area (Å²) in [4.78, 5) is 28.7. The van der Waals surface area contributed by atoms with E-state index >= 15 is 0 Å². The number of sulfonamides is 1. The molecule has 1 amide bonds. The van der Waals surface area contributed by atoms with E-state index in [1.165, 1.54) is 48.8 Å². The Labute approximate surface area is 206 Å². The molecule has 0 aliphatic heterocycles. The van der Waals surface area contributed by atoms with E-state index in [-0.39, 0.29) is 26.2 Å². The minimum absolute atomic E-state index is 0.0324. The van der Waals surface area contributed by atoms with Crippen molar-refractivity contribution < 1.29 is 17.6 Å². The number of carbonyl (C=O) groups is 1. The first-order valence-electron chi connectivity index (χ1n) is 9.67. The molecule has 0 unspecified atom stereocenters. The van der Waals surface area contributed by atoms with E-state index in [9.17, 15) is 18.0 Å². The Morgan fingerprint density at radius 1 is 1.00 bits per heavy atom. The summed E-state index contributed by atoms with van der Waals surface area (Å²) < 4.78 is 34.3. The van der Waals surface area contributed by atoms with Crippen LogP contribution in [0.1, 0.15) is 10.4 Å². The Bertz CT molecular complexity index is 1750. The Hall–Kier alpha value is -3.24. The highest BCUT2D eigenvalue weighted by atomic mass is 35.5. The zero-order valence-corrected chi connectivity index (χ0v) is 20.1. The first kappa shape index (κ1) is 22.5. The van der Waals surface area contributed by atoms with Crippen LogP contribution in [-0.4, -0.2) is 19.3 Å². The summed E-state index contributed by atoms with van der Waals surface area (Å²) in [6, 6.07) is 15.1. The third kappa shape index (κ3) is 3.76. The molecule has 0 aliphatic rings. The van der Waals surface area contributed by atoms with Gasteiger partial charge in [0.05, 0.1) is 21.0 Å². The molecule has 0 N–H and O–H groups in total. The number of nitrogens with zero attached hydrogens (tertiary/aromatic N) is 2. The van der Waals surface area contributed by atoms with Crippen LogP contribution < -0.4 is 9.24 Å². The van der Waals surface area contributed by atoms with Crippen molar-refractivity contribution in [3.8, 4) is 0 Å². The first-order valence-corrected chi connectivity index (χ1v) is 12.7. The molecule has 0 fully saturated rings. The number of pyridine rings is 1. The highest BCUT2D eigenvalue weighted by molar-refractivity contribution is 7.93. The smallest absolute Gasteiger partial charge is 0.396 e. The molecule has 2 aromatic heterocycles. The summed E-state index contributed by atoms with van der Waals surface area (Å²) in [5.74, 6) is -0.857. The van der Waals surface area contributed by atoms with Crippen LogP contribution in [0.2, 0.25) is 10.0 Å². The van der Waals surface area contributed by atoms with Crippen molar-refractivity contribution in [2.24, 2.45) is 0 Å². The van der Waals surface area contributed by atoms with Gasteiger partial charge < -0.3 is 4.42 Å². The first-order chi connectivity index (χ1) is 16.3. The fraction of sp³-hybridized carbons (Fsp3) is 0. The number of benzene rings is 3. The number of rotatable bonds is 4. The topological polar surface area (TPSA) is 97.6 Å². The lowest BCUT2D eigenvalue weighted by Crippen LogP contribution is -2.37. The van der Waals surface area contributed by atoms with Crippen molar-refractivity contribution in [1.82, 2.24) is 4.98 Å². The number of aromatic nitrogens is 1. The van der Waals surface area contributed by atoms with Gasteiger partial charge in [0.25, 0.3) is 15.9 Å². The van der Waals surface area contributed by atoms with E-state index in [1.54, 1.807) is 24.3 Å². The SMILES string of the molecule is O=C(c1cccnc1)N(c1cc2sc(=O)oc2c2ccccc12)S(=O)(=O)c1cc(Cl)ccc1Cl. The molecule has 7 nitrogen and oxygen atoms in total. The van der Waals surface area contributed by atoms with Gasteiger partial charge in [0.15, 0.2) is 5.58 Å². The lowest BCUT2D eigenvalue weighted by Gasteiger charge is -2.24. The second kappa shape index (κ2) is 8.52. The van der Waals surface area contributed by atoms with Crippen LogP contribution in [0.15, 0.2) is 87.2 Å². The fourth-order valence-electron chi connectivity index (χ4n) is 3.58. The van der Waals surface area contributed by atoms with E-state index in [4.69, 9.17) is 27.6 Å². The number of anilines is 1. The maximum Gasteiger partial charge on any atom is 0.396 e. The maximum atomic E-state index is 14.0. The molecule has 5 rings (SSSR count). The monoisotopic (exact) mass is 530 g/mol. The molecule has 0 saturated carbocycles. The third-order valence-electron chi connectivity index (χ3n) is 5.04. The normalized spacial score (nSPS) is 11.7. The lowest BCUT2D eigenvalue weighted by atomic mass is 10.1. The molecule has 11 heteroatoms. The van der Waals surface area contributed by atoms with Crippen LogP contribution in [-0.2, 0) is 10.0 Å². The van der Waals surface area contributed by atoms with E-state index in [2.05, 4.69) is 4.98 Å². The van der Waals surface area contributed by atoms with Gasteiger partial charge in [-0.15, -0.1) is 0 Å². The molecular weight excluding hydrogens is 519 g/mol. The number of halogens is 2. The van der Waals surface area contributed by atoms with Crippen molar-refractivity contribution in [3.05, 3.63) is 98.4 Å². The average Bonchev–Trinajstić information content (AvgIpc) is 3.21. The second-order valence-electron chi connectivity index (χ2n) is 7.11. The Kier molecular flexibility index (Phi) is 5.65. The van der Waals surface area contributed by atoms with E-state index in [0.29, 0.717) is 25.4 Å². The molecule has 170 valence electrons. The summed E-state index contributed by atoms with van der Waals surface area (Å²) in [5.41, 5.74) is 0.375. The number of hydrogen-bond acceptors (Lipinski definition) is 7. The van der Waals surface area contributed by atoms with Crippen molar-refractivity contribution in [1.29, 1.82) is 0 Å². The molecule has 0 spiro atoms. The number of hydrogen-bond donors (Lipinski definition) is 0. The highest BCUT2D eigenvalue weighted by Gasteiger charge is 2.35.